The summed E-state index contributed by atoms with van der Waals surface area (Å²) in [4.78, 5) is 26.3. The summed E-state index contributed by atoms with van der Waals surface area (Å²) < 4.78 is 38.3. The lowest BCUT2D eigenvalue weighted by molar-refractivity contribution is -0.137. The molecule has 4 nitrogen and oxygen atoms in total. The van der Waals surface area contributed by atoms with Crippen LogP contribution in [-0.2, 0) is 15.8 Å². The summed E-state index contributed by atoms with van der Waals surface area (Å²) in [5.74, 6) is -1.96. The summed E-state index contributed by atoms with van der Waals surface area (Å²) in [6.45, 7) is 0.348. The number of nitrogens with one attached hydrogen (secondary N) is 1. The minimum atomic E-state index is -4.50. The molecule has 0 radical (unpaired) electrons. The van der Waals surface area contributed by atoms with Crippen molar-refractivity contribution in [3.63, 3.8) is 0 Å². The Labute approximate surface area is 152 Å². The second kappa shape index (κ2) is 6.99. The number of halogens is 4. The highest BCUT2D eigenvalue weighted by atomic mass is 35.5. The largest absolute Gasteiger partial charge is 0.416 e. The number of anilines is 2. The third-order valence-electron chi connectivity index (χ3n) is 4.12. The monoisotopic (exact) mass is 382 g/mol. The van der Waals surface area contributed by atoms with Crippen LogP contribution in [0.4, 0.5) is 24.5 Å². The first-order valence-corrected chi connectivity index (χ1v) is 8.18. The van der Waals surface area contributed by atoms with E-state index in [0.717, 1.165) is 12.1 Å². The van der Waals surface area contributed by atoms with Crippen molar-refractivity contribution in [2.75, 3.05) is 16.8 Å². The Bertz CT molecular complexity index is 837. The maximum atomic E-state index is 12.8. The second-order valence-electron chi connectivity index (χ2n) is 5.88. The lowest BCUT2D eigenvalue weighted by atomic mass is 10.1. The van der Waals surface area contributed by atoms with E-state index in [-0.39, 0.29) is 12.1 Å². The maximum Gasteiger partial charge on any atom is 0.416 e. The quantitative estimate of drug-likeness (QED) is 0.802. The van der Waals surface area contributed by atoms with E-state index in [9.17, 15) is 22.8 Å². The number of amides is 2. The predicted octanol–water partition coefficient (Wildman–Crippen LogP) is 4.35. The summed E-state index contributed by atoms with van der Waals surface area (Å²) in [5.41, 5.74) is -0.243. The molecule has 1 aliphatic rings. The van der Waals surface area contributed by atoms with Crippen LogP contribution in [0.25, 0.3) is 0 Å². The number of hydrogen-bond donors (Lipinski definition) is 1. The number of nitrogens with zero attached hydrogens (tertiary/aromatic N) is 1. The van der Waals surface area contributed by atoms with Crippen LogP contribution in [0.2, 0.25) is 5.02 Å². The van der Waals surface area contributed by atoms with Gasteiger partial charge in [0.05, 0.1) is 5.56 Å². The van der Waals surface area contributed by atoms with E-state index >= 15 is 0 Å². The van der Waals surface area contributed by atoms with Crippen molar-refractivity contribution in [3.8, 4) is 0 Å². The molecule has 0 unspecified atom stereocenters. The fourth-order valence-corrected chi connectivity index (χ4v) is 2.93. The zero-order valence-corrected chi connectivity index (χ0v) is 14.1. The van der Waals surface area contributed by atoms with E-state index in [1.807, 2.05) is 0 Å². The molecule has 1 fully saturated rings. The van der Waals surface area contributed by atoms with E-state index in [4.69, 9.17) is 11.6 Å². The molecule has 0 saturated carbocycles. The fourth-order valence-electron chi connectivity index (χ4n) is 2.80. The summed E-state index contributed by atoms with van der Waals surface area (Å²) in [5, 5.41) is 2.93. The van der Waals surface area contributed by atoms with Gasteiger partial charge in [0.1, 0.15) is 5.92 Å². The SMILES string of the molecule is O=C(Nc1cccc(C(F)(F)F)c1)[C@@H]1CCN(c2ccc(Cl)cc2)C1=O. The van der Waals surface area contributed by atoms with Crippen molar-refractivity contribution in [1.82, 2.24) is 0 Å². The smallest absolute Gasteiger partial charge is 0.325 e. The first-order valence-electron chi connectivity index (χ1n) is 7.81. The molecule has 2 amide bonds. The van der Waals surface area contributed by atoms with Crippen LogP contribution in [-0.4, -0.2) is 18.4 Å². The number of carbonyl (C=O) groups excluding carboxylic acids is 2. The minimum absolute atomic E-state index is 0.00238. The van der Waals surface area contributed by atoms with Crippen molar-refractivity contribution < 1.29 is 22.8 Å². The van der Waals surface area contributed by atoms with Gasteiger partial charge in [0.15, 0.2) is 0 Å². The zero-order chi connectivity index (χ0) is 18.9. The molecular formula is C18H14ClF3N2O2. The highest BCUT2D eigenvalue weighted by molar-refractivity contribution is 6.30. The molecule has 1 atom stereocenters. The molecule has 1 aliphatic heterocycles. The average molecular weight is 383 g/mol. The highest BCUT2D eigenvalue weighted by Crippen LogP contribution is 2.31. The van der Waals surface area contributed by atoms with Crippen LogP contribution in [0.3, 0.4) is 0 Å². The van der Waals surface area contributed by atoms with Crippen molar-refractivity contribution in [3.05, 3.63) is 59.1 Å². The van der Waals surface area contributed by atoms with Crippen LogP contribution >= 0.6 is 11.6 Å². The third kappa shape index (κ3) is 3.83. The van der Waals surface area contributed by atoms with E-state index in [1.54, 1.807) is 24.3 Å². The van der Waals surface area contributed by atoms with E-state index in [1.165, 1.54) is 17.0 Å². The minimum Gasteiger partial charge on any atom is -0.325 e. The Kier molecular flexibility index (Phi) is 4.91. The van der Waals surface area contributed by atoms with Crippen LogP contribution in [0.5, 0.6) is 0 Å². The molecule has 0 bridgehead atoms. The number of benzene rings is 2. The van der Waals surface area contributed by atoms with Gasteiger partial charge in [-0.05, 0) is 48.9 Å². The summed E-state index contributed by atoms with van der Waals surface area (Å²) in [6.07, 6.45) is -4.22. The van der Waals surface area contributed by atoms with Gasteiger partial charge in [0.25, 0.3) is 0 Å². The molecule has 8 heteroatoms. The predicted molar refractivity (Wildman–Crippen MR) is 92.0 cm³/mol. The van der Waals surface area contributed by atoms with Crippen LogP contribution in [0.1, 0.15) is 12.0 Å². The van der Waals surface area contributed by atoms with Crippen LogP contribution < -0.4 is 10.2 Å². The molecule has 0 aliphatic carbocycles. The highest BCUT2D eigenvalue weighted by Gasteiger charge is 2.38. The fraction of sp³-hybridized carbons (Fsp3) is 0.222. The van der Waals surface area contributed by atoms with E-state index in [2.05, 4.69) is 5.32 Å². The number of carbonyl (C=O) groups is 2. The lowest BCUT2D eigenvalue weighted by Gasteiger charge is -2.17. The number of rotatable bonds is 3. The summed E-state index contributed by atoms with van der Waals surface area (Å²) in [6, 6.07) is 10.9. The van der Waals surface area contributed by atoms with Gasteiger partial charge in [0, 0.05) is 22.9 Å². The van der Waals surface area contributed by atoms with Gasteiger partial charge in [0.2, 0.25) is 11.8 Å². The molecule has 2 aromatic carbocycles. The van der Waals surface area contributed by atoms with Gasteiger partial charge in [-0.25, -0.2) is 0 Å². The van der Waals surface area contributed by atoms with Gasteiger partial charge < -0.3 is 10.2 Å². The normalized spacial score (nSPS) is 17.5. The summed E-state index contributed by atoms with van der Waals surface area (Å²) >= 11 is 5.82. The van der Waals surface area contributed by atoms with Crippen molar-refractivity contribution in [1.29, 1.82) is 0 Å². The Balaban J connectivity index is 1.71. The van der Waals surface area contributed by atoms with Gasteiger partial charge in [-0.15, -0.1) is 0 Å². The first kappa shape index (κ1) is 18.3. The molecule has 1 N–H and O–H groups in total. The molecule has 26 heavy (non-hydrogen) atoms. The molecular weight excluding hydrogens is 369 g/mol. The Morgan fingerprint density at radius 3 is 2.50 bits per heavy atom. The Morgan fingerprint density at radius 2 is 1.85 bits per heavy atom. The van der Waals surface area contributed by atoms with E-state index in [0.29, 0.717) is 17.3 Å². The Morgan fingerprint density at radius 1 is 1.15 bits per heavy atom. The lowest BCUT2D eigenvalue weighted by Crippen LogP contribution is -2.33. The van der Waals surface area contributed by atoms with Crippen LogP contribution in [0.15, 0.2) is 48.5 Å². The third-order valence-corrected chi connectivity index (χ3v) is 4.37. The maximum absolute atomic E-state index is 12.8. The van der Waals surface area contributed by atoms with Crippen molar-refractivity contribution in [2.45, 2.75) is 12.6 Å². The number of alkyl halides is 3. The molecule has 0 spiro atoms. The number of hydrogen-bond acceptors (Lipinski definition) is 2. The topological polar surface area (TPSA) is 49.4 Å². The molecule has 1 heterocycles. The summed E-state index contributed by atoms with van der Waals surface area (Å²) in [7, 11) is 0. The zero-order valence-electron chi connectivity index (χ0n) is 13.4. The molecule has 3 rings (SSSR count). The van der Waals surface area contributed by atoms with Crippen LogP contribution in [0, 0.1) is 5.92 Å². The van der Waals surface area contributed by atoms with Gasteiger partial charge in [-0.1, -0.05) is 17.7 Å². The Hall–Kier alpha value is -2.54. The first-order chi connectivity index (χ1) is 12.3. The second-order valence-corrected chi connectivity index (χ2v) is 6.31. The molecule has 1 saturated heterocycles. The average Bonchev–Trinajstić information content (AvgIpc) is 2.97. The van der Waals surface area contributed by atoms with Crippen molar-refractivity contribution >= 4 is 34.8 Å². The standard InChI is InChI=1S/C18H14ClF3N2O2/c19-12-4-6-14(7-5-12)24-9-8-15(17(24)26)16(25)23-13-3-1-2-11(10-13)18(20,21)22/h1-7,10,15H,8-9H2,(H,23,25)/t15-/m0/s1. The molecule has 136 valence electrons. The molecule has 0 aromatic heterocycles. The van der Waals surface area contributed by atoms with Gasteiger partial charge >= 0.3 is 6.18 Å². The van der Waals surface area contributed by atoms with Gasteiger partial charge in [-0.3, -0.25) is 9.59 Å². The van der Waals surface area contributed by atoms with Crippen molar-refractivity contribution in [2.24, 2.45) is 5.92 Å². The van der Waals surface area contributed by atoms with E-state index < -0.39 is 29.5 Å². The van der Waals surface area contributed by atoms with Gasteiger partial charge in [-0.2, -0.15) is 13.2 Å². The molecule has 2 aromatic rings.